The summed E-state index contributed by atoms with van der Waals surface area (Å²) in [6.45, 7) is 6.43. The molecule has 1 aliphatic heterocycles. The maximum absolute atomic E-state index is 12.8. The molecule has 0 bridgehead atoms. The average molecular weight is 437 g/mol. The van der Waals surface area contributed by atoms with Gasteiger partial charge in [-0.2, -0.15) is 0 Å². The van der Waals surface area contributed by atoms with Gasteiger partial charge in [0.2, 0.25) is 11.9 Å². The number of fused-ring (bicyclic) bond motifs is 1. The number of para-hydroxylation sites is 2. The number of anilines is 1. The second kappa shape index (κ2) is 9.24. The highest BCUT2D eigenvalue weighted by Gasteiger charge is 2.38. The topological polar surface area (TPSA) is 87.4 Å². The summed E-state index contributed by atoms with van der Waals surface area (Å²) < 4.78 is 2.23. The van der Waals surface area contributed by atoms with Gasteiger partial charge in [0.15, 0.2) is 0 Å². The molecule has 1 aromatic carbocycles. The van der Waals surface area contributed by atoms with Gasteiger partial charge < -0.3 is 19.5 Å². The highest BCUT2D eigenvalue weighted by molar-refractivity contribution is 5.77. The third-order valence-electron chi connectivity index (χ3n) is 6.10. The third-order valence-corrected chi connectivity index (χ3v) is 6.10. The quantitative estimate of drug-likeness (QED) is 0.584. The van der Waals surface area contributed by atoms with Crippen LogP contribution >= 0.6 is 0 Å². The number of aryl methyl sites for hydroxylation is 1. The van der Waals surface area contributed by atoms with Gasteiger partial charge in [-0.1, -0.05) is 26.0 Å². The lowest BCUT2D eigenvalue weighted by atomic mass is 10.0. The van der Waals surface area contributed by atoms with Crippen LogP contribution in [-0.4, -0.2) is 67.7 Å². The number of β-amino-alcohol motifs (C(OH)–C–C–N with tert-alkyl or cyclic N) is 1. The van der Waals surface area contributed by atoms with E-state index in [2.05, 4.69) is 34.4 Å². The first-order valence-corrected chi connectivity index (χ1v) is 11.3. The number of likely N-dealkylation sites (N-methyl/N-ethyl adjacent to an activating group) is 1. The van der Waals surface area contributed by atoms with E-state index in [-0.39, 0.29) is 5.91 Å². The summed E-state index contributed by atoms with van der Waals surface area (Å²) in [5, 5.41) is 11.0. The average Bonchev–Trinajstić information content (AvgIpc) is 3.35. The number of rotatable bonds is 8. The highest BCUT2D eigenvalue weighted by Crippen LogP contribution is 2.26. The van der Waals surface area contributed by atoms with Crippen molar-refractivity contribution in [2.24, 2.45) is 0 Å². The van der Waals surface area contributed by atoms with Crippen molar-refractivity contribution in [1.82, 2.24) is 24.4 Å². The predicted octanol–water partition coefficient (Wildman–Crippen LogP) is 2.83. The lowest BCUT2D eigenvalue weighted by Crippen LogP contribution is -2.46. The Kier molecular flexibility index (Phi) is 6.41. The molecule has 3 aromatic rings. The zero-order valence-corrected chi connectivity index (χ0v) is 19.1. The van der Waals surface area contributed by atoms with Gasteiger partial charge in [0.1, 0.15) is 11.4 Å². The molecule has 1 amide bonds. The predicted molar refractivity (Wildman–Crippen MR) is 125 cm³/mol. The molecule has 1 aliphatic rings. The fraction of sp³-hybridized carbons (Fsp3) is 0.500. The molecule has 3 heterocycles. The largest absolute Gasteiger partial charge is 0.386 e. The maximum Gasteiger partial charge on any atom is 0.225 e. The number of carbonyl (C=O) groups is 1. The van der Waals surface area contributed by atoms with Gasteiger partial charge in [-0.15, -0.1) is 0 Å². The lowest BCUT2D eigenvalue weighted by molar-refractivity contribution is -0.132. The van der Waals surface area contributed by atoms with Gasteiger partial charge in [0.05, 0.1) is 24.1 Å². The van der Waals surface area contributed by atoms with Crippen LogP contribution in [0.15, 0.2) is 42.7 Å². The summed E-state index contributed by atoms with van der Waals surface area (Å²) in [6, 6.07) is 9.91. The van der Waals surface area contributed by atoms with Crippen molar-refractivity contribution >= 4 is 22.9 Å². The molecule has 0 spiro atoms. The summed E-state index contributed by atoms with van der Waals surface area (Å²) in [4.78, 5) is 29.7. The van der Waals surface area contributed by atoms with Crippen LogP contribution in [0.4, 0.5) is 5.95 Å². The van der Waals surface area contributed by atoms with E-state index in [4.69, 9.17) is 4.98 Å². The minimum atomic E-state index is -0.949. The van der Waals surface area contributed by atoms with E-state index in [1.54, 1.807) is 30.4 Å². The molecule has 32 heavy (non-hydrogen) atoms. The van der Waals surface area contributed by atoms with Crippen molar-refractivity contribution < 1.29 is 9.90 Å². The molecule has 1 atom stereocenters. The molecular weight excluding hydrogens is 404 g/mol. The molecule has 1 fully saturated rings. The first-order chi connectivity index (χ1) is 15.4. The van der Waals surface area contributed by atoms with Crippen LogP contribution in [0, 0.1) is 0 Å². The lowest BCUT2D eigenvalue weighted by Gasteiger charge is -2.29. The minimum Gasteiger partial charge on any atom is -0.386 e. The molecule has 0 radical (unpaired) electrons. The normalized spacial score (nSPS) is 18.6. The molecule has 1 N–H and O–H groups in total. The monoisotopic (exact) mass is 436 g/mol. The van der Waals surface area contributed by atoms with E-state index in [1.807, 2.05) is 23.1 Å². The SMILES string of the molecule is CC(C)c1nc2ccccc2n1CCCC(=O)N(C)CC1(O)CCN(c2ncccn2)C1. The van der Waals surface area contributed by atoms with Crippen LogP contribution in [0.1, 0.15) is 44.9 Å². The number of amides is 1. The van der Waals surface area contributed by atoms with E-state index in [0.29, 0.717) is 44.3 Å². The van der Waals surface area contributed by atoms with Crippen molar-refractivity contribution in [2.45, 2.75) is 51.2 Å². The van der Waals surface area contributed by atoms with E-state index < -0.39 is 5.60 Å². The second-order valence-electron chi connectivity index (χ2n) is 9.06. The summed E-state index contributed by atoms with van der Waals surface area (Å²) in [6.07, 6.45) is 5.14. The van der Waals surface area contributed by atoms with Crippen LogP contribution in [0.25, 0.3) is 11.0 Å². The van der Waals surface area contributed by atoms with E-state index in [0.717, 1.165) is 29.8 Å². The molecule has 4 rings (SSSR count). The van der Waals surface area contributed by atoms with Crippen LogP contribution in [0.3, 0.4) is 0 Å². The first kappa shape index (κ1) is 22.2. The van der Waals surface area contributed by atoms with E-state index >= 15 is 0 Å². The Balaban J connectivity index is 1.32. The molecule has 2 aromatic heterocycles. The zero-order chi connectivity index (χ0) is 22.7. The first-order valence-electron chi connectivity index (χ1n) is 11.3. The molecule has 170 valence electrons. The Morgan fingerprint density at radius 2 is 1.97 bits per heavy atom. The Labute approximate surface area is 188 Å². The summed E-state index contributed by atoms with van der Waals surface area (Å²) in [5.41, 5.74) is 1.16. The number of benzene rings is 1. The smallest absolute Gasteiger partial charge is 0.225 e. The van der Waals surface area contributed by atoms with E-state index in [1.165, 1.54) is 0 Å². The van der Waals surface area contributed by atoms with Gasteiger partial charge in [-0.3, -0.25) is 4.79 Å². The Bertz CT molecular complexity index is 1070. The van der Waals surface area contributed by atoms with Crippen molar-refractivity contribution in [3.05, 3.63) is 48.5 Å². The van der Waals surface area contributed by atoms with Gasteiger partial charge in [-0.05, 0) is 31.0 Å². The number of nitrogens with zero attached hydrogens (tertiary/aromatic N) is 6. The van der Waals surface area contributed by atoms with Crippen molar-refractivity contribution in [1.29, 1.82) is 0 Å². The van der Waals surface area contributed by atoms with Crippen molar-refractivity contribution in [3.8, 4) is 0 Å². The third kappa shape index (κ3) is 4.75. The van der Waals surface area contributed by atoms with Crippen molar-refractivity contribution in [2.75, 3.05) is 31.6 Å². The highest BCUT2D eigenvalue weighted by atomic mass is 16.3. The number of aliphatic hydroxyl groups is 1. The van der Waals surface area contributed by atoms with Gasteiger partial charge in [-0.25, -0.2) is 15.0 Å². The zero-order valence-electron chi connectivity index (χ0n) is 19.1. The minimum absolute atomic E-state index is 0.0448. The fourth-order valence-electron chi connectivity index (χ4n) is 4.49. The molecule has 0 saturated carbocycles. The summed E-state index contributed by atoms with van der Waals surface area (Å²) in [7, 11) is 1.77. The number of hydrogen-bond donors (Lipinski definition) is 1. The molecule has 1 unspecified atom stereocenters. The van der Waals surface area contributed by atoms with Gasteiger partial charge in [0.25, 0.3) is 0 Å². The van der Waals surface area contributed by atoms with Crippen molar-refractivity contribution in [3.63, 3.8) is 0 Å². The Hall–Kier alpha value is -3.00. The van der Waals surface area contributed by atoms with Crippen LogP contribution in [0.5, 0.6) is 0 Å². The van der Waals surface area contributed by atoms with Crippen LogP contribution in [0.2, 0.25) is 0 Å². The number of imidazole rings is 1. The molecule has 8 nitrogen and oxygen atoms in total. The fourth-order valence-corrected chi connectivity index (χ4v) is 4.49. The standard InChI is InChI=1S/C24H32N6O2/c1-18(2)22-27-19-8-4-5-9-20(19)30(22)14-6-10-21(31)28(3)16-24(32)11-15-29(17-24)23-25-12-7-13-26-23/h4-5,7-9,12-13,18,32H,6,10-11,14-17H2,1-3H3. The van der Waals surface area contributed by atoms with E-state index in [9.17, 15) is 9.90 Å². The second-order valence-corrected chi connectivity index (χ2v) is 9.06. The van der Waals surface area contributed by atoms with Gasteiger partial charge in [0, 0.05) is 44.9 Å². The van der Waals surface area contributed by atoms with Gasteiger partial charge >= 0.3 is 0 Å². The number of hydrogen-bond acceptors (Lipinski definition) is 6. The number of aromatic nitrogens is 4. The maximum atomic E-state index is 12.8. The molecule has 0 aliphatic carbocycles. The molecule has 8 heteroatoms. The number of carbonyl (C=O) groups excluding carboxylic acids is 1. The summed E-state index contributed by atoms with van der Waals surface area (Å²) in [5.74, 6) is 2.03. The van der Waals surface area contributed by atoms with Crippen LogP contribution in [-0.2, 0) is 11.3 Å². The Morgan fingerprint density at radius 1 is 1.22 bits per heavy atom. The summed E-state index contributed by atoms with van der Waals surface area (Å²) >= 11 is 0. The van der Waals surface area contributed by atoms with Crippen LogP contribution < -0.4 is 4.90 Å². The molecular formula is C24H32N6O2. The molecule has 1 saturated heterocycles. The Morgan fingerprint density at radius 3 is 2.72 bits per heavy atom.